The van der Waals surface area contributed by atoms with Crippen molar-refractivity contribution >= 4 is 23.1 Å². The van der Waals surface area contributed by atoms with E-state index in [1.54, 1.807) is 0 Å². The second-order valence-corrected chi connectivity index (χ2v) is 5.24. The number of aromatic nitrogens is 2. The van der Waals surface area contributed by atoms with Gasteiger partial charge in [0.15, 0.2) is 11.0 Å². The summed E-state index contributed by atoms with van der Waals surface area (Å²) in [5.74, 6) is 1.49. The van der Waals surface area contributed by atoms with Crippen molar-refractivity contribution in [2.24, 2.45) is 5.92 Å². The first-order valence-electron chi connectivity index (χ1n) is 6.39. The minimum Gasteiger partial charge on any atom is -0.393 e. The molecule has 100 valence electrons. The van der Waals surface area contributed by atoms with Crippen molar-refractivity contribution in [3.05, 3.63) is 11.5 Å². The van der Waals surface area contributed by atoms with Gasteiger partial charge in [0.1, 0.15) is 12.0 Å². The molecule has 18 heavy (non-hydrogen) atoms. The lowest BCUT2D eigenvalue weighted by atomic mass is 9.99. The number of nitrogens with two attached hydrogens (primary N) is 1. The molecular weight excluding hydrogens is 250 g/mol. The summed E-state index contributed by atoms with van der Waals surface area (Å²) in [6, 6.07) is 0. The highest BCUT2D eigenvalue weighted by molar-refractivity contribution is 6.32. The first-order chi connectivity index (χ1) is 8.66. The standard InChI is InChI=1S/C12H20ClN5/c1-9-2-5-18(6-3-9)7-4-15-12-10(14)11(13)16-8-17-12/h8-9H,2-7,14H2,1H3,(H,15,16,17). The Balaban J connectivity index is 1.77. The number of hydrogen-bond acceptors (Lipinski definition) is 5. The summed E-state index contributed by atoms with van der Waals surface area (Å²) in [5, 5.41) is 3.51. The minimum absolute atomic E-state index is 0.305. The molecule has 0 amide bonds. The fraction of sp³-hybridized carbons (Fsp3) is 0.667. The van der Waals surface area contributed by atoms with Crippen molar-refractivity contribution in [3.8, 4) is 0 Å². The van der Waals surface area contributed by atoms with E-state index in [4.69, 9.17) is 17.3 Å². The van der Waals surface area contributed by atoms with Crippen molar-refractivity contribution in [1.29, 1.82) is 0 Å². The van der Waals surface area contributed by atoms with Crippen LogP contribution < -0.4 is 11.1 Å². The van der Waals surface area contributed by atoms with E-state index in [0.29, 0.717) is 16.7 Å². The van der Waals surface area contributed by atoms with Crippen molar-refractivity contribution in [1.82, 2.24) is 14.9 Å². The molecular formula is C12H20ClN5. The van der Waals surface area contributed by atoms with Gasteiger partial charge in [-0.25, -0.2) is 9.97 Å². The third kappa shape index (κ3) is 3.46. The van der Waals surface area contributed by atoms with Crippen molar-refractivity contribution in [2.45, 2.75) is 19.8 Å². The van der Waals surface area contributed by atoms with E-state index in [2.05, 4.69) is 27.1 Å². The van der Waals surface area contributed by atoms with Crippen molar-refractivity contribution in [2.75, 3.05) is 37.2 Å². The first-order valence-corrected chi connectivity index (χ1v) is 6.77. The molecule has 1 saturated heterocycles. The van der Waals surface area contributed by atoms with E-state index in [0.717, 1.165) is 19.0 Å². The molecule has 0 radical (unpaired) electrons. The number of piperidine rings is 1. The molecule has 5 nitrogen and oxygen atoms in total. The highest BCUT2D eigenvalue weighted by Gasteiger charge is 2.15. The Kier molecular flexibility index (Phi) is 4.60. The Morgan fingerprint density at radius 2 is 2.17 bits per heavy atom. The van der Waals surface area contributed by atoms with Gasteiger partial charge in [0.2, 0.25) is 0 Å². The van der Waals surface area contributed by atoms with E-state index in [9.17, 15) is 0 Å². The van der Waals surface area contributed by atoms with Crippen LogP contribution in [0.25, 0.3) is 0 Å². The monoisotopic (exact) mass is 269 g/mol. The third-order valence-electron chi connectivity index (χ3n) is 3.43. The number of likely N-dealkylation sites (tertiary alicyclic amines) is 1. The molecule has 1 aliphatic heterocycles. The van der Waals surface area contributed by atoms with Crippen LogP contribution in [0.15, 0.2) is 6.33 Å². The predicted molar refractivity (Wildman–Crippen MR) is 74.8 cm³/mol. The fourth-order valence-electron chi connectivity index (χ4n) is 2.13. The van der Waals surface area contributed by atoms with Crippen LogP contribution in [0, 0.1) is 5.92 Å². The summed E-state index contributed by atoms with van der Waals surface area (Å²) in [6.07, 6.45) is 4.01. The number of nitrogen functional groups attached to an aromatic ring is 1. The molecule has 1 aromatic rings. The molecule has 0 saturated carbocycles. The first kappa shape index (κ1) is 13.4. The maximum Gasteiger partial charge on any atom is 0.157 e. The van der Waals surface area contributed by atoms with E-state index in [1.165, 1.54) is 32.3 Å². The molecule has 2 rings (SSSR count). The summed E-state index contributed by atoms with van der Waals surface area (Å²) in [4.78, 5) is 10.4. The molecule has 1 aromatic heterocycles. The van der Waals surface area contributed by atoms with Crippen LogP contribution in [0.5, 0.6) is 0 Å². The Morgan fingerprint density at radius 1 is 1.44 bits per heavy atom. The van der Waals surface area contributed by atoms with Crippen LogP contribution >= 0.6 is 11.6 Å². The SMILES string of the molecule is CC1CCN(CCNc2ncnc(Cl)c2N)CC1. The molecule has 2 heterocycles. The molecule has 1 aliphatic rings. The summed E-state index contributed by atoms with van der Waals surface area (Å²) in [6.45, 7) is 6.52. The largest absolute Gasteiger partial charge is 0.393 e. The van der Waals surface area contributed by atoms with Gasteiger partial charge < -0.3 is 16.0 Å². The quantitative estimate of drug-likeness (QED) is 0.817. The topological polar surface area (TPSA) is 67.1 Å². The van der Waals surface area contributed by atoms with Crippen LogP contribution in [0.2, 0.25) is 5.15 Å². The third-order valence-corrected chi connectivity index (χ3v) is 3.73. The predicted octanol–water partition coefficient (Wildman–Crippen LogP) is 1.86. The second-order valence-electron chi connectivity index (χ2n) is 4.88. The number of anilines is 2. The molecule has 0 aliphatic carbocycles. The average molecular weight is 270 g/mol. The normalized spacial score (nSPS) is 17.9. The zero-order valence-corrected chi connectivity index (χ0v) is 11.5. The number of nitrogens with zero attached hydrogens (tertiary/aromatic N) is 3. The summed E-state index contributed by atoms with van der Waals surface area (Å²) >= 11 is 5.83. The molecule has 1 fully saturated rings. The zero-order chi connectivity index (χ0) is 13.0. The van der Waals surface area contributed by atoms with E-state index in [1.807, 2.05) is 0 Å². The minimum atomic E-state index is 0.305. The van der Waals surface area contributed by atoms with Gasteiger partial charge in [0, 0.05) is 13.1 Å². The maximum atomic E-state index is 5.83. The van der Waals surface area contributed by atoms with Crippen LogP contribution in [0.3, 0.4) is 0 Å². The summed E-state index contributed by atoms with van der Waals surface area (Å²) in [7, 11) is 0. The van der Waals surface area contributed by atoms with Crippen LogP contribution in [0.4, 0.5) is 11.5 Å². The van der Waals surface area contributed by atoms with Gasteiger partial charge in [-0.3, -0.25) is 0 Å². The fourth-order valence-corrected chi connectivity index (χ4v) is 2.27. The van der Waals surface area contributed by atoms with Crippen LogP contribution in [0.1, 0.15) is 19.8 Å². The van der Waals surface area contributed by atoms with Gasteiger partial charge in [-0.2, -0.15) is 0 Å². The molecule has 6 heteroatoms. The summed E-state index contributed by atoms with van der Waals surface area (Å²) in [5.41, 5.74) is 6.21. The number of rotatable bonds is 4. The number of halogens is 1. The average Bonchev–Trinajstić information content (AvgIpc) is 2.37. The Hall–Kier alpha value is -1.07. The Labute approximate surface area is 113 Å². The molecule has 3 N–H and O–H groups in total. The lowest BCUT2D eigenvalue weighted by Gasteiger charge is -2.30. The highest BCUT2D eigenvalue weighted by Crippen LogP contribution is 2.21. The molecule has 0 spiro atoms. The molecule has 0 atom stereocenters. The van der Waals surface area contributed by atoms with Crippen LogP contribution in [-0.2, 0) is 0 Å². The molecule has 0 unspecified atom stereocenters. The van der Waals surface area contributed by atoms with Crippen molar-refractivity contribution < 1.29 is 0 Å². The number of hydrogen-bond donors (Lipinski definition) is 2. The Morgan fingerprint density at radius 3 is 2.89 bits per heavy atom. The van der Waals surface area contributed by atoms with Gasteiger partial charge in [-0.15, -0.1) is 0 Å². The second kappa shape index (κ2) is 6.20. The highest BCUT2D eigenvalue weighted by atomic mass is 35.5. The van der Waals surface area contributed by atoms with Crippen LogP contribution in [-0.4, -0.2) is 41.0 Å². The van der Waals surface area contributed by atoms with E-state index in [-0.39, 0.29) is 0 Å². The molecule has 0 bridgehead atoms. The van der Waals surface area contributed by atoms with E-state index >= 15 is 0 Å². The summed E-state index contributed by atoms with van der Waals surface area (Å²) < 4.78 is 0. The zero-order valence-electron chi connectivity index (χ0n) is 10.7. The lowest BCUT2D eigenvalue weighted by Crippen LogP contribution is -2.36. The Bertz CT molecular complexity index is 390. The molecule has 0 aromatic carbocycles. The van der Waals surface area contributed by atoms with Gasteiger partial charge in [-0.05, 0) is 31.8 Å². The van der Waals surface area contributed by atoms with E-state index < -0.39 is 0 Å². The van der Waals surface area contributed by atoms with Gasteiger partial charge in [-0.1, -0.05) is 18.5 Å². The lowest BCUT2D eigenvalue weighted by molar-refractivity contribution is 0.199. The van der Waals surface area contributed by atoms with Crippen molar-refractivity contribution in [3.63, 3.8) is 0 Å². The van der Waals surface area contributed by atoms with Gasteiger partial charge in [0.05, 0.1) is 0 Å². The maximum absolute atomic E-state index is 5.83. The smallest absolute Gasteiger partial charge is 0.157 e. The van der Waals surface area contributed by atoms with Gasteiger partial charge >= 0.3 is 0 Å². The number of nitrogens with one attached hydrogen (secondary N) is 1. The van der Waals surface area contributed by atoms with Gasteiger partial charge in [0.25, 0.3) is 0 Å².